The van der Waals surface area contributed by atoms with Gasteiger partial charge in [0.2, 0.25) is 0 Å². The van der Waals surface area contributed by atoms with Crippen LogP contribution in [0.5, 0.6) is 0 Å². The van der Waals surface area contributed by atoms with Crippen LogP contribution in [0.1, 0.15) is 5.69 Å². The molecule has 72 valence electrons. The van der Waals surface area contributed by atoms with E-state index >= 15 is 0 Å². The summed E-state index contributed by atoms with van der Waals surface area (Å²) in [4.78, 5) is 15.3. The molecule has 0 radical (unpaired) electrons. The lowest BCUT2D eigenvalue weighted by Gasteiger charge is -1.94. The summed E-state index contributed by atoms with van der Waals surface area (Å²) >= 11 is 0. The van der Waals surface area contributed by atoms with E-state index < -0.39 is 0 Å². The Bertz CT molecular complexity index is 395. The van der Waals surface area contributed by atoms with Gasteiger partial charge in [-0.3, -0.25) is 0 Å². The molecule has 5 heteroatoms. The molecule has 2 heterocycles. The molecule has 0 aliphatic rings. The van der Waals surface area contributed by atoms with Crippen molar-refractivity contribution < 1.29 is 0 Å². The van der Waals surface area contributed by atoms with Crippen LogP contribution in [0.2, 0.25) is 0 Å². The van der Waals surface area contributed by atoms with E-state index in [1.165, 1.54) is 6.33 Å². The van der Waals surface area contributed by atoms with E-state index in [1.807, 2.05) is 13.1 Å². The lowest BCUT2D eigenvalue weighted by molar-refractivity contribution is 0.797. The highest BCUT2D eigenvalue weighted by atomic mass is 15.0. The first-order valence-corrected chi connectivity index (χ1v) is 4.35. The van der Waals surface area contributed by atoms with Gasteiger partial charge >= 0.3 is 0 Å². The Labute approximate surface area is 81.6 Å². The molecule has 5 nitrogen and oxygen atoms in total. The Morgan fingerprint density at radius 2 is 2.36 bits per heavy atom. The van der Waals surface area contributed by atoms with Crippen LogP contribution in [0.4, 0.5) is 0 Å². The lowest BCUT2D eigenvalue weighted by Crippen LogP contribution is -2.04. The first-order chi connectivity index (χ1) is 6.90. The second kappa shape index (κ2) is 3.97. The van der Waals surface area contributed by atoms with Crippen molar-refractivity contribution in [3.8, 4) is 11.5 Å². The molecule has 0 unspecified atom stereocenters. The maximum absolute atomic E-state index is 4.22. The molecule has 0 saturated carbocycles. The number of aromatic nitrogens is 4. The monoisotopic (exact) mass is 189 g/mol. The van der Waals surface area contributed by atoms with Crippen LogP contribution >= 0.6 is 0 Å². The first-order valence-electron chi connectivity index (χ1n) is 4.35. The third-order valence-corrected chi connectivity index (χ3v) is 1.82. The Balaban J connectivity index is 2.25. The molecule has 0 amide bonds. The van der Waals surface area contributed by atoms with E-state index in [-0.39, 0.29) is 0 Å². The van der Waals surface area contributed by atoms with Crippen molar-refractivity contribution in [2.24, 2.45) is 0 Å². The minimum Gasteiger partial charge on any atom is -0.339 e. The van der Waals surface area contributed by atoms with Crippen molar-refractivity contribution in [2.75, 3.05) is 7.05 Å². The predicted octanol–water partition coefficient (Wildman–Crippen LogP) is 0.586. The van der Waals surface area contributed by atoms with Gasteiger partial charge < -0.3 is 10.3 Å². The smallest absolute Gasteiger partial charge is 0.156 e. The van der Waals surface area contributed by atoms with Crippen molar-refractivity contribution in [1.29, 1.82) is 0 Å². The molecule has 0 aromatic carbocycles. The van der Waals surface area contributed by atoms with Crippen LogP contribution in [-0.2, 0) is 6.54 Å². The molecule has 2 N–H and O–H groups in total. The van der Waals surface area contributed by atoms with Crippen LogP contribution in [0.25, 0.3) is 11.5 Å². The summed E-state index contributed by atoms with van der Waals surface area (Å²) in [6, 6.07) is 1.82. The standard InChI is InChI=1S/C9H11N5/c1-10-4-7-5-12-9(14-7)8-2-3-11-6-13-8/h2-3,5-6,10H,4H2,1H3,(H,12,14). The van der Waals surface area contributed by atoms with Gasteiger partial charge in [-0.2, -0.15) is 0 Å². The number of rotatable bonds is 3. The van der Waals surface area contributed by atoms with Crippen molar-refractivity contribution in [3.05, 3.63) is 30.5 Å². The van der Waals surface area contributed by atoms with E-state index in [0.717, 1.165) is 23.8 Å². The number of nitrogens with one attached hydrogen (secondary N) is 2. The summed E-state index contributed by atoms with van der Waals surface area (Å²) in [5.74, 6) is 0.776. The van der Waals surface area contributed by atoms with E-state index in [4.69, 9.17) is 0 Å². The lowest BCUT2D eigenvalue weighted by atomic mass is 10.4. The highest BCUT2D eigenvalue weighted by molar-refractivity contribution is 5.47. The molecule has 2 rings (SSSR count). The molecule has 2 aromatic rings. The minimum absolute atomic E-state index is 0.776. The van der Waals surface area contributed by atoms with Gasteiger partial charge in [0.05, 0.1) is 6.20 Å². The summed E-state index contributed by atoms with van der Waals surface area (Å²) in [5.41, 5.74) is 1.85. The van der Waals surface area contributed by atoms with E-state index in [2.05, 4.69) is 25.3 Å². The van der Waals surface area contributed by atoms with Gasteiger partial charge in [0.25, 0.3) is 0 Å². The van der Waals surface area contributed by atoms with Gasteiger partial charge in [-0.25, -0.2) is 15.0 Å². The van der Waals surface area contributed by atoms with Crippen LogP contribution in [0.3, 0.4) is 0 Å². The molecular weight excluding hydrogens is 178 g/mol. The molecular formula is C9H11N5. The molecule has 0 bridgehead atoms. The number of H-pyrrole nitrogens is 1. The highest BCUT2D eigenvalue weighted by Crippen LogP contribution is 2.10. The van der Waals surface area contributed by atoms with Crippen LogP contribution in [0.15, 0.2) is 24.8 Å². The average molecular weight is 189 g/mol. The minimum atomic E-state index is 0.776. The maximum Gasteiger partial charge on any atom is 0.156 e. The third kappa shape index (κ3) is 1.77. The normalized spacial score (nSPS) is 10.4. The van der Waals surface area contributed by atoms with Crippen LogP contribution in [-0.4, -0.2) is 27.0 Å². The van der Waals surface area contributed by atoms with E-state index in [1.54, 1.807) is 12.4 Å². The van der Waals surface area contributed by atoms with Gasteiger partial charge in [0.15, 0.2) is 5.82 Å². The topological polar surface area (TPSA) is 66.5 Å². The molecule has 0 fully saturated rings. The number of hydrogen-bond acceptors (Lipinski definition) is 4. The maximum atomic E-state index is 4.22. The number of hydrogen-bond donors (Lipinski definition) is 2. The zero-order chi connectivity index (χ0) is 9.80. The number of nitrogens with zero attached hydrogens (tertiary/aromatic N) is 3. The zero-order valence-corrected chi connectivity index (χ0v) is 7.86. The van der Waals surface area contributed by atoms with Gasteiger partial charge in [0, 0.05) is 18.4 Å². The summed E-state index contributed by atoms with van der Waals surface area (Å²) in [6.45, 7) is 0.776. The molecule has 14 heavy (non-hydrogen) atoms. The van der Waals surface area contributed by atoms with Gasteiger partial charge in [0.1, 0.15) is 12.0 Å². The average Bonchev–Trinajstić information content (AvgIpc) is 2.68. The number of imidazole rings is 1. The fourth-order valence-corrected chi connectivity index (χ4v) is 1.20. The third-order valence-electron chi connectivity index (χ3n) is 1.82. The number of aromatic amines is 1. The van der Waals surface area contributed by atoms with Gasteiger partial charge in [-0.05, 0) is 13.1 Å². The summed E-state index contributed by atoms with van der Waals surface area (Å²) in [5, 5.41) is 3.04. The largest absolute Gasteiger partial charge is 0.339 e. The van der Waals surface area contributed by atoms with Crippen molar-refractivity contribution >= 4 is 0 Å². The molecule has 0 atom stereocenters. The summed E-state index contributed by atoms with van der Waals surface area (Å²) in [7, 11) is 1.89. The van der Waals surface area contributed by atoms with Crippen molar-refractivity contribution in [3.63, 3.8) is 0 Å². The molecule has 0 spiro atoms. The van der Waals surface area contributed by atoms with Crippen molar-refractivity contribution in [1.82, 2.24) is 25.3 Å². The predicted molar refractivity (Wildman–Crippen MR) is 52.4 cm³/mol. The van der Waals surface area contributed by atoms with E-state index in [9.17, 15) is 0 Å². The Hall–Kier alpha value is -1.75. The molecule has 2 aromatic heterocycles. The quantitative estimate of drug-likeness (QED) is 0.741. The van der Waals surface area contributed by atoms with Crippen LogP contribution in [0, 0.1) is 0 Å². The van der Waals surface area contributed by atoms with Crippen LogP contribution < -0.4 is 5.32 Å². The molecule has 0 saturated heterocycles. The van der Waals surface area contributed by atoms with Crippen molar-refractivity contribution in [2.45, 2.75) is 6.54 Å². The first kappa shape index (κ1) is 8.83. The summed E-state index contributed by atoms with van der Waals surface area (Å²) < 4.78 is 0. The Kier molecular flexibility index (Phi) is 2.51. The second-order valence-electron chi connectivity index (χ2n) is 2.88. The SMILES string of the molecule is CNCc1cnc(-c2ccncn2)[nH]1. The van der Waals surface area contributed by atoms with Gasteiger partial charge in [-0.1, -0.05) is 0 Å². The summed E-state index contributed by atoms with van der Waals surface area (Å²) in [6.07, 6.45) is 5.01. The molecule has 0 aliphatic carbocycles. The second-order valence-corrected chi connectivity index (χ2v) is 2.88. The highest BCUT2D eigenvalue weighted by Gasteiger charge is 2.02. The molecule has 0 aliphatic heterocycles. The Morgan fingerprint density at radius 1 is 1.43 bits per heavy atom. The van der Waals surface area contributed by atoms with Gasteiger partial charge in [-0.15, -0.1) is 0 Å². The fourth-order valence-electron chi connectivity index (χ4n) is 1.20. The van der Waals surface area contributed by atoms with E-state index in [0.29, 0.717) is 0 Å². The zero-order valence-electron chi connectivity index (χ0n) is 7.86. The Morgan fingerprint density at radius 3 is 3.07 bits per heavy atom. The fraction of sp³-hybridized carbons (Fsp3) is 0.222.